The summed E-state index contributed by atoms with van der Waals surface area (Å²) in [6, 6.07) is 7.97. The van der Waals surface area contributed by atoms with E-state index in [-0.39, 0.29) is 0 Å². The van der Waals surface area contributed by atoms with Crippen LogP contribution in [0.25, 0.3) is 0 Å². The van der Waals surface area contributed by atoms with Gasteiger partial charge in [-0.25, -0.2) is 0 Å². The van der Waals surface area contributed by atoms with Gasteiger partial charge in [0.05, 0.1) is 0 Å². The summed E-state index contributed by atoms with van der Waals surface area (Å²) in [4.78, 5) is 0. The molecule has 3 heteroatoms. The summed E-state index contributed by atoms with van der Waals surface area (Å²) in [5.74, 6) is 1.09. The highest BCUT2D eigenvalue weighted by molar-refractivity contribution is 6.31. The van der Waals surface area contributed by atoms with E-state index in [9.17, 15) is 0 Å². The minimum absolute atomic E-state index is 0.438. The normalized spacial score (nSPS) is 12.6. The smallest absolute Gasteiger partial charge is 0.0469 e. The number of benzene rings is 1. The van der Waals surface area contributed by atoms with E-state index < -0.39 is 0 Å². The van der Waals surface area contributed by atoms with Gasteiger partial charge in [-0.15, -0.1) is 11.6 Å². The number of hydrogen-bond acceptors (Lipinski definition) is 1. The molecule has 0 saturated heterocycles. The van der Waals surface area contributed by atoms with Crippen LogP contribution in [0.15, 0.2) is 24.3 Å². The average Bonchev–Trinajstić information content (AvgIpc) is 2.39. The molecule has 0 bridgehead atoms. The Hall–Kier alpha value is -0.240. The van der Waals surface area contributed by atoms with Gasteiger partial charge in [0.1, 0.15) is 0 Å². The first kappa shape index (κ1) is 15.8. The summed E-state index contributed by atoms with van der Waals surface area (Å²) in [5.41, 5.74) is 1.18. The lowest BCUT2D eigenvalue weighted by molar-refractivity contribution is 0.119. The Morgan fingerprint density at radius 2 is 2.00 bits per heavy atom. The van der Waals surface area contributed by atoms with Crippen LogP contribution in [0.3, 0.4) is 0 Å². The van der Waals surface area contributed by atoms with Crippen molar-refractivity contribution in [2.45, 2.75) is 32.6 Å². The molecule has 1 rings (SSSR count). The summed E-state index contributed by atoms with van der Waals surface area (Å²) < 4.78 is 5.58. The van der Waals surface area contributed by atoms with Crippen molar-refractivity contribution in [3.63, 3.8) is 0 Å². The van der Waals surface area contributed by atoms with Crippen LogP contribution in [0.2, 0.25) is 5.02 Å². The highest BCUT2D eigenvalue weighted by Gasteiger charge is 2.10. The second kappa shape index (κ2) is 9.66. The predicted molar refractivity (Wildman–Crippen MR) is 79.7 cm³/mol. The molecule has 1 aromatic carbocycles. The van der Waals surface area contributed by atoms with Crippen molar-refractivity contribution in [3.8, 4) is 0 Å². The van der Waals surface area contributed by atoms with Gasteiger partial charge in [-0.3, -0.25) is 0 Å². The summed E-state index contributed by atoms with van der Waals surface area (Å²) >= 11 is 12.2. The number of rotatable bonds is 9. The third kappa shape index (κ3) is 6.08. The number of ether oxygens (including phenoxy) is 1. The van der Waals surface area contributed by atoms with E-state index >= 15 is 0 Å². The summed E-state index contributed by atoms with van der Waals surface area (Å²) in [6.45, 7) is 3.82. The third-order valence-corrected chi connectivity index (χ3v) is 3.80. The fourth-order valence-corrected chi connectivity index (χ4v) is 2.28. The minimum atomic E-state index is 0.438. The molecule has 0 heterocycles. The van der Waals surface area contributed by atoms with E-state index in [2.05, 4.69) is 13.0 Å². The van der Waals surface area contributed by atoms with Crippen molar-refractivity contribution >= 4 is 23.2 Å². The van der Waals surface area contributed by atoms with Gasteiger partial charge in [0.15, 0.2) is 0 Å². The van der Waals surface area contributed by atoms with Gasteiger partial charge < -0.3 is 4.74 Å². The van der Waals surface area contributed by atoms with E-state index in [1.807, 2.05) is 18.2 Å². The molecule has 0 aliphatic carbocycles. The van der Waals surface area contributed by atoms with Crippen LogP contribution in [-0.2, 0) is 11.2 Å². The summed E-state index contributed by atoms with van der Waals surface area (Å²) in [5, 5.41) is 0.833. The fraction of sp³-hybridized carbons (Fsp3) is 0.600. The van der Waals surface area contributed by atoms with Gasteiger partial charge in [0.25, 0.3) is 0 Å². The second-order valence-electron chi connectivity index (χ2n) is 4.57. The molecule has 0 aliphatic rings. The molecule has 102 valence electrons. The molecule has 0 fully saturated rings. The topological polar surface area (TPSA) is 9.23 Å². The van der Waals surface area contributed by atoms with Crippen LogP contribution >= 0.6 is 23.2 Å². The molecule has 18 heavy (non-hydrogen) atoms. The van der Waals surface area contributed by atoms with Gasteiger partial charge in [0.2, 0.25) is 0 Å². The molecular weight excluding hydrogens is 267 g/mol. The molecule has 1 atom stereocenters. The Morgan fingerprint density at radius 1 is 1.22 bits per heavy atom. The van der Waals surface area contributed by atoms with Crippen LogP contribution in [0.5, 0.6) is 0 Å². The maximum absolute atomic E-state index is 6.15. The molecule has 0 saturated carbocycles. The largest absolute Gasteiger partial charge is 0.381 e. The third-order valence-electron chi connectivity index (χ3n) is 3.00. The Labute approximate surface area is 120 Å². The fourth-order valence-electron chi connectivity index (χ4n) is 1.81. The lowest BCUT2D eigenvalue weighted by atomic mass is 9.98. The molecule has 1 nitrogen and oxygen atoms in total. The predicted octanol–water partition coefficient (Wildman–Crippen LogP) is 4.94. The molecule has 0 amide bonds. The van der Waals surface area contributed by atoms with Gasteiger partial charge in [-0.2, -0.15) is 0 Å². The molecule has 0 N–H and O–H groups in total. The number of alkyl halides is 1. The Bertz CT molecular complexity index is 328. The van der Waals surface area contributed by atoms with E-state index in [4.69, 9.17) is 27.9 Å². The lowest BCUT2D eigenvalue weighted by Gasteiger charge is -2.15. The quantitative estimate of drug-likeness (QED) is 0.462. The van der Waals surface area contributed by atoms with Crippen molar-refractivity contribution in [3.05, 3.63) is 34.9 Å². The van der Waals surface area contributed by atoms with Crippen molar-refractivity contribution < 1.29 is 4.74 Å². The highest BCUT2D eigenvalue weighted by Crippen LogP contribution is 2.21. The average molecular weight is 289 g/mol. The summed E-state index contributed by atoms with van der Waals surface area (Å²) in [7, 11) is 0. The molecule has 0 spiro atoms. The van der Waals surface area contributed by atoms with Crippen molar-refractivity contribution in [2.24, 2.45) is 5.92 Å². The molecule has 0 aromatic heterocycles. The standard InChI is InChI=1S/C15H22Cl2O/c1-2-3-9-18-10-8-13(12-16)11-14-6-4-5-7-15(14)17/h4-7,13H,2-3,8-12H2,1H3. The van der Waals surface area contributed by atoms with Crippen LogP contribution in [0.1, 0.15) is 31.7 Å². The van der Waals surface area contributed by atoms with E-state index in [1.54, 1.807) is 0 Å². The first-order chi connectivity index (χ1) is 8.77. The molecular formula is C15H22Cl2O. The molecule has 0 radical (unpaired) electrons. The van der Waals surface area contributed by atoms with E-state index in [0.29, 0.717) is 11.8 Å². The van der Waals surface area contributed by atoms with E-state index in [1.165, 1.54) is 12.0 Å². The zero-order valence-corrected chi connectivity index (χ0v) is 12.5. The van der Waals surface area contributed by atoms with Crippen molar-refractivity contribution in [1.29, 1.82) is 0 Å². The number of halogens is 2. The van der Waals surface area contributed by atoms with Gasteiger partial charge in [-0.1, -0.05) is 43.1 Å². The zero-order chi connectivity index (χ0) is 13.2. The highest BCUT2D eigenvalue weighted by atomic mass is 35.5. The first-order valence-electron chi connectivity index (χ1n) is 6.65. The zero-order valence-electron chi connectivity index (χ0n) is 11.0. The molecule has 1 unspecified atom stereocenters. The molecule has 0 aliphatic heterocycles. The van der Waals surface area contributed by atoms with Crippen LogP contribution in [0.4, 0.5) is 0 Å². The van der Waals surface area contributed by atoms with Crippen LogP contribution in [0, 0.1) is 5.92 Å². The Kier molecular flexibility index (Phi) is 8.49. The number of unbranched alkanes of at least 4 members (excludes halogenated alkanes) is 1. The van der Waals surface area contributed by atoms with Crippen molar-refractivity contribution in [2.75, 3.05) is 19.1 Å². The SMILES string of the molecule is CCCCOCCC(CCl)Cc1ccccc1Cl. The van der Waals surface area contributed by atoms with Crippen LogP contribution in [-0.4, -0.2) is 19.1 Å². The van der Waals surface area contributed by atoms with Gasteiger partial charge in [-0.05, 0) is 36.8 Å². The second-order valence-corrected chi connectivity index (χ2v) is 5.29. The minimum Gasteiger partial charge on any atom is -0.381 e. The Balaban J connectivity index is 2.31. The first-order valence-corrected chi connectivity index (χ1v) is 7.56. The maximum atomic E-state index is 6.15. The van der Waals surface area contributed by atoms with Gasteiger partial charge in [0, 0.05) is 24.1 Å². The van der Waals surface area contributed by atoms with E-state index in [0.717, 1.165) is 37.5 Å². The maximum Gasteiger partial charge on any atom is 0.0469 e. The van der Waals surface area contributed by atoms with Crippen molar-refractivity contribution in [1.82, 2.24) is 0 Å². The molecule has 1 aromatic rings. The Morgan fingerprint density at radius 3 is 2.67 bits per heavy atom. The lowest BCUT2D eigenvalue weighted by Crippen LogP contribution is -2.11. The van der Waals surface area contributed by atoms with Gasteiger partial charge >= 0.3 is 0 Å². The monoisotopic (exact) mass is 288 g/mol. The summed E-state index contributed by atoms with van der Waals surface area (Å²) in [6.07, 6.45) is 4.24. The number of hydrogen-bond donors (Lipinski definition) is 0. The van der Waals surface area contributed by atoms with Crippen LogP contribution < -0.4 is 0 Å².